The number of ketones is 3. The topological polar surface area (TPSA) is 78.9 Å². The lowest BCUT2D eigenvalue weighted by molar-refractivity contribution is -0.125. The second kappa shape index (κ2) is 18.2. The van der Waals surface area contributed by atoms with Gasteiger partial charge < -0.3 is 14.2 Å². The minimum atomic E-state index is -0.236. The van der Waals surface area contributed by atoms with E-state index in [1.54, 1.807) is 35.0 Å². The molecule has 0 aromatic heterocycles. The van der Waals surface area contributed by atoms with Crippen LogP contribution in [0.3, 0.4) is 0 Å². The van der Waals surface area contributed by atoms with Gasteiger partial charge in [0.25, 0.3) is 0 Å². The van der Waals surface area contributed by atoms with E-state index in [9.17, 15) is 14.4 Å². The first-order valence-corrected chi connectivity index (χ1v) is 8.13. The van der Waals surface area contributed by atoms with Crippen LogP contribution >= 0.6 is 0 Å². The van der Waals surface area contributed by atoms with Gasteiger partial charge in [-0.2, -0.15) is 0 Å². The van der Waals surface area contributed by atoms with Gasteiger partial charge in [-0.3, -0.25) is 14.4 Å². The molecule has 0 N–H and O–H groups in total. The van der Waals surface area contributed by atoms with Crippen molar-refractivity contribution in [2.24, 2.45) is 0 Å². The molecule has 0 aromatic rings. The first-order valence-electron chi connectivity index (χ1n) is 8.13. The number of hydrogen-bond donors (Lipinski definition) is 0. The smallest absolute Gasteiger partial charge is 0.158 e. The number of hydrogen-bond acceptors (Lipinski definition) is 6. The zero-order valence-electron chi connectivity index (χ0n) is 16.8. The van der Waals surface area contributed by atoms with Crippen molar-refractivity contribution in [3.63, 3.8) is 0 Å². The van der Waals surface area contributed by atoms with Gasteiger partial charge in [-0.15, -0.1) is 0 Å². The zero-order chi connectivity index (χ0) is 19.7. The van der Waals surface area contributed by atoms with Crippen molar-refractivity contribution < 1.29 is 28.6 Å². The highest BCUT2D eigenvalue weighted by molar-refractivity contribution is 5.79. The van der Waals surface area contributed by atoms with Crippen molar-refractivity contribution >= 4 is 17.3 Å². The molecular formula is C18H36O6. The first-order chi connectivity index (χ1) is 11.0. The lowest BCUT2D eigenvalue weighted by Gasteiger charge is -2.08. The Morgan fingerprint density at radius 1 is 0.792 bits per heavy atom. The predicted octanol–water partition coefficient (Wildman–Crippen LogP) is 3.00. The van der Waals surface area contributed by atoms with Crippen LogP contribution < -0.4 is 0 Å². The van der Waals surface area contributed by atoms with Gasteiger partial charge >= 0.3 is 0 Å². The monoisotopic (exact) mass is 348 g/mol. The van der Waals surface area contributed by atoms with Gasteiger partial charge in [-0.25, -0.2) is 0 Å². The summed E-state index contributed by atoms with van der Waals surface area (Å²) < 4.78 is 14.5. The van der Waals surface area contributed by atoms with Crippen LogP contribution in [-0.4, -0.2) is 57.0 Å². The van der Waals surface area contributed by atoms with Gasteiger partial charge in [0.15, 0.2) is 5.78 Å². The van der Waals surface area contributed by atoms with Gasteiger partial charge in [-0.05, 0) is 41.0 Å². The third kappa shape index (κ3) is 23.2. The minimum Gasteiger partial charge on any atom is -0.381 e. The first kappa shape index (κ1) is 27.7. The van der Waals surface area contributed by atoms with Crippen LogP contribution in [0.2, 0.25) is 0 Å². The van der Waals surface area contributed by atoms with Crippen LogP contribution in [0.25, 0.3) is 0 Å². The van der Waals surface area contributed by atoms with Crippen molar-refractivity contribution in [3.05, 3.63) is 0 Å². The van der Waals surface area contributed by atoms with Crippen molar-refractivity contribution in [1.29, 1.82) is 0 Å². The number of Topliss-reactive ketones (excluding diaryl/α,β-unsaturated/α-hetero) is 3. The highest BCUT2D eigenvalue weighted by atomic mass is 16.5. The SMILES string of the molecule is CCC(CC(C)=O)OC.COC(C)C(C)=O.COC(C)CC(C)=O. The Morgan fingerprint density at radius 2 is 1.25 bits per heavy atom. The summed E-state index contributed by atoms with van der Waals surface area (Å²) in [6.07, 6.45) is 1.95. The quantitative estimate of drug-likeness (QED) is 0.637. The molecule has 0 aliphatic heterocycles. The van der Waals surface area contributed by atoms with E-state index in [-0.39, 0.29) is 35.7 Å². The van der Waals surface area contributed by atoms with Crippen LogP contribution in [-0.2, 0) is 28.6 Å². The second-order valence-corrected chi connectivity index (χ2v) is 5.61. The van der Waals surface area contributed by atoms with E-state index in [2.05, 4.69) is 4.74 Å². The van der Waals surface area contributed by atoms with Gasteiger partial charge in [0.1, 0.15) is 17.7 Å². The molecule has 0 aliphatic carbocycles. The highest BCUT2D eigenvalue weighted by Crippen LogP contribution is 2.01. The maximum Gasteiger partial charge on any atom is 0.158 e. The molecule has 0 fully saturated rings. The summed E-state index contributed by atoms with van der Waals surface area (Å²) in [7, 11) is 4.76. The summed E-state index contributed by atoms with van der Waals surface area (Å²) in [6.45, 7) is 10.3. The summed E-state index contributed by atoms with van der Waals surface area (Å²) in [5.41, 5.74) is 0. The summed E-state index contributed by atoms with van der Waals surface area (Å²) in [5.74, 6) is 0.450. The Morgan fingerprint density at radius 3 is 1.33 bits per heavy atom. The van der Waals surface area contributed by atoms with Crippen LogP contribution in [0.15, 0.2) is 0 Å². The van der Waals surface area contributed by atoms with Crippen LogP contribution in [0.4, 0.5) is 0 Å². The molecule has 0 heterocycles. The Labute approximate surface area is 147 Å². The van der Waals surface area contributed by atoms with Crippen LogP contribution in [0.5, 0.6) is 0 Å². The summed E-state index contributed by atoms with van der Waals surface area (Å²) in [4.78, 5) is 31.1. The Bertz CT molecular complexity index is 336. The summed E-state index contributed by atoms with van der Waals surface area (Å²) >= 11 is 0. The molecule has 24 heavy (non-hydrogen) atoms. The van der Waals surface area contributed by atoms with Crippen molar-refractivity contribution in [2.75, 3.05) is 21.3 Å². The molecule has 0 spiro atoms. The number of methoxy groups -OCH3 is 3. The molecule has 0 rings (SSSR count). The van der Waals surface area contributed by atoms with Crippen LogP contribution in [0.1, 0.15) is 60.8 Å². The van der Waals surface area contributed by atoms with Gasteiger partial charge in [0, 0.05) is 34.2 Å². The molecule has 3 unspecified atom stereocenters. The number of rotatable bonds is 9. The molecule has 144 valence electrons. The van der Waals surface area contributed by atoms with Gasteiger partial charge in [-0.1, -0.05) is 6.92 Å². The molecule has 0 aromatic carbocycles. The maximum absolute atomic E-state index is 10.5. The molecule has 0 amide bonds. The number of ether oxygens (including phenoxy) is 3. The Balaban J connectivity index is -0.000000278. The lowest BCUT2D eigenvalue weighted by Crippen LogP contribution is -2.14. The number of carbonyl (C=O) groups excluding carboxylic acids is 3. The molecule has 0 saturated carbocycles. The largest absolute Gasteiger partial charge is 0.381 e. The van der Waals surface area contributed by atoms with Gasteiger partial charge in [0.05, 0.1) is 12.2 Å². The lowest BCUT2D eigenvalue weighted by atomic mass is 10.1. The molecule has 6 heteroatoms. The summed E-state index contributed by atoms with van der Waals surface area (Å²) in [5, 5.41) is 0. The maximum atomic E-state index is 10.5. The molecule has 0 radical (unpaired) electrons. The van der Waals surface area contributed by atoms with Crippen molar-refractivity contribution in [1.82, 2.24) is 0 Å². The van der Waals surface area contributed by atoms with E-state index >= 15 is 0 Å². The molecule has 3 atom stereocenters. The zero-order valence-corrected chi connectivity index (χ0v) is 16.8. The van der Waals surface area contributed by atoms with E-state index in [4.69, 9.17) is 9.47 Å². The van der Waals surface area contributed by atoms with E-state index in [1.165, 1.54) is 14.0 Å². The van der Waals surface area contributed by atoms with Crippen LogP contribution in [0, 0.1) is 0 Å². The molecule has 0 saturated heterocycles. The summed E-state index contributed by atoms with van der Waals surface area (Å²) in [6, 6.07) is 0. The number of carbonyl (C=O) groups is 3. The fourth-order valence-corrected chi connectivity index (χ4v) is 1.37. The average molecular weight is 348 g/mol. The second-order valence-electron chi connectivity index (χ2n) is 5.61. The van der Waals surface area contributed by atoms with Crippen molar-refractivity contribution in [3.8, 4) is 0 Å². The Kier molecular flexibility index (Phi) is 21.1. The third-order valence-corrected chi connectivity index (χ3v) is 3.21. The highest BCUT2D eigenvalue weighted by Gasteiger charge is 2.05. The third-order valence-electron chi connectivity index (χ3n) is 3.21. The Hall–Kier alpha value is -1.11. The molecule has 0 aliphatic rings. The molecular weight excluding hydrogens is 312 g/mol. The standard InChI is InChI=1S/C7H14O2.C6H12O2.C5H10O2/c1-4-7(9-3)5-6(2)8;1-5(7)4-6(2)8-3;1-4(6)5(2)7-3/h7H,4-5H2,1-3H3;6H,4H2,1-3H3;5H,1-3H3. The fraction of sp³-hybridized carbons (Fsp3) is 0.833. The molecule has 0 bridgehead atoms. The fourth-order valence-electron chi connectivity index (χ4n) is 1.37. The molecule has 6 nitrogen and oxygen atoms in total. The minimum absolute atomic E-state index is 0.0718. The van der Waals surface area contributed by atoms with Crippen molar-refractivity contribution in [2.45, 2.75) is 79.1 Å². The normalized spacial score (nSPS) is 13.4. The van der Waals surface area contributed by atoms with Gasteiger partial charge in [0.2, 0.25) is 0 Å². The van der Waals surface area contributed by atoms with E-state index in [0.717, 1.165) is 6.42 Å². The predicted molar refractivity (Wildman–Crippen MR) is 95.3 cm³/mol. The van der Waals surface area contributed by atoms with E-state index in [0.29, 0.717) is 12.8 Å². The van der Waals surface area contributed by atoms with E-state index in [1.807, 2.05) is 13.8 Å². The van der Waals surface area contributed by atoms with E-state index < -0.39 is 0 Å². The average Bonchev–Trinajstić information content (AvgIpc) is 2.51.